The molecule has 0 radical (unpaired) electrons. The van der Waals surface area contributed by atoms with Crippen molar-refractivity contribution in [1.29, 1.82) is 0 Å². The zero-order chi connectivity index (χ0) is 13.2. The minimum Gasteiger partial charge on any atom is -0.303 e. The molecule has 2 aliphatic rings. The van der Waals surface area contributed by atoms with E-state index in [9.17, 15) is 0 Å². The second-order valence-electron chi connectivity index (χ2n) is 5.90. The fourth-order valence-corrected chi connectivity index (χ4v) is 3.40. The van der Waals surface area contributed by atoms with Crippen LogP contribution in [0.15, 0.2) is 11.6 Å². The van der Waals surface area contributed by atoms with Crippen LogP contribution in [0.25, 0.3) is 0 Å². The molecule has 18 heavy (non-hydrogen) atoms. The van der Waals surface area contributed by atoms with Crippen molar-refractivity contribution >= 4 is 0 Å². The van der Waals surface area contributed by atoms with E-state index in [-0.39, 0.29) is 5.54 Å². The molecule has 2 heterocycles. The lowest BCUT2D eigenvalue weighted by molar-refractivity contribution is 0.170. The molecular weight excluding hydrogens is 224 g/mol. The first kappa shape index (κ1) is 14.0. The van der Waals surface area contributed by atoms with Crippen LogP contribution in [-0.4, -0.2) is 49.5 Å². The van der Waals surface area contributed by atoms with E-state index in [0.717, 1.165) is 32.8 Å². The van der Waals surface area contributed by atoms with Gasteiger partial charge in [-0.1, -0.05) is 13.0 Å². The van der Waals surface area contributed by atoms with Crippen LogP contribution in [0.4, 0.5) is 0 Å². The van der Waals surface area contributed by atoms with Crippen molar-refractivity contribution < 1.29 is 0 Å². The summed E-state index contributed by atoms with van der Waals surface area (Å²) < 4.78 is 0. The number of nitrogens with zero attached hydrogens (tertiary/aromatic N) is 1. The summed E-state index contributed by atoms with van der Waals surface area (Å²) in [6, 6.07) is 0. The van der Waals surface area contributed by atoms with Gasteiger partial charge in [0.1, 0.15) is 0 Å². The molecule has 0 saturated carbocycles. The van der Waals surface area contributed by atoms with Crippen molar-refractivity contribution in [3.8, 4) is 0 Å². The van der Waals surface area contributed by atoms with Crippen molar-refractivity contribution in [2.24, 2.45) is 5.92 Å². The van der Waals surface area contributed by atoms with Crippen LogP contribution >= 0.6 is 0 Å². The van der Waals surface area contributed by atoms with E-state index in [0.29, 0.717) is 12.1 Å². The monoisotopic (exact) mass is 252 g/mol. The highest BCUT2D eigenvalue weighted by Gasteiger charge is 2.37. The second kappa shape index (κ2) is 5.70. The number of allylic oxidation sites excluding steroid dienone is 1. The molecule has 0 aromatic heterocycles. The number of rotatable bonds is 4. The minimum absolute atomic E-state index is 0.129. The number of hydrogen-bond donors (Lipinski definition) is 3. The van der Waals surface area contributed by atoms with Crippen molar-refractivity contribution in [3.63, 3.8) is 0 Å². The Morgan fingerprint density at radius 2 is 1.94 bits per heavy atom. The van der Waals surface area contributed by atoms with Gasteiger partial charge < -0.3 is 16.0 Å². The van der Waals surface area contributed by atoms with Gasteiger partial charge in [-0.05, 0) is 26.3 Å². The van der Waals surface area contributed by atoms with Crippen LogP contribution in [0.3, 0.4) is 0 Å². The molecule has 0 aromatic carbocycles. The third-order valence-corrected chi connectivity index (χ3v) is 4.51. The van der Waals surface area contributed by atoms with Crippen molar-refractivity contribution in [1.82, 2.24) is 20.9 Å². The molecule has 4 nitrogen and oxygen atoms in total. The average molecular weight is 252 g/mol. The first-order valence-electron chi connectivity index (χ1n) is 7.16. The largest absolute Gasteiger partial charge is 0.303 e. The van der Waals surface area contributed by atoms with Gasteiger partial charge in [-0.15, -0.1) is 0 Å². The summed E-state index contributed by atoms with van der Waals surface area (Å²) in [6.45, 7) is 14.6. The Balaban J connectivity index is 2.11. The number of nitrogens with one attached hydrogen (secondary N) is 3. The second-order valence-corrected chi connectivity index (χ2v) is 5.90. The summed E-state index contributed by atoms with van der Waals surface area (Å²) in [5.41, 5.74) is 1.65. The lowest BCUT2D eigenvalue weighted by atomic mass is 9.82. The quantitative estimate of drug-likeness (QED) is 0.645. The highest BCUT2D eigenvalue weighted by Crippen LogP contribution is 2.31. The standard InChI is InChI=1S/C14H28N4/c1-5-12(11(2)13-16-6-7-17-13)14(3,4)18-9-8-15-10-18/h5,11,13,15-17H,6-10H2,1-4H3. The van der Waals surface area contributed by atoms with E-state index in [1.54, 1.807) is 0 Å². The Hall–Kier alpha value is -0.420. The van der Waals surface area contributed by atoms with Gasteiger partial charge in [0.05, 0.1) is 6.17 Å². The summed E-state index contributed by atoms with van der Waals surface area (Å²) >= 11 is 0. The van der Waals surface area contributed by atoms with Gasteiger partial charge in [0.2, 0.25) is 0 Å². The summed E-state index contributed by atoms with van der Waals surface area (Å²) in [7, 11) is 0. The highest BCUT2D eigenvalue weighted by molar-refractivity contribution is 5.22. The Labute approximate surface area is 111 Å². The van der Waals surface area contributed by atoms with E-state index < -0.39 is 0 Å². The van der Waals surface area contributed by atoms with Gasteiger partial charge in [0, 0.05) is 44.3 Å². The molecule has 0 spiro atoms. The molecule has 2 rings (SSSR count). The van der Waals surface area contributed by atoms with Crippen LogP contribution < -0.4 is 16.0 Å². The SMILES string of the molecule is CC=C(C(C)C1NCCN1)C(C)(C)N1CCNC1. The van der Waals surface area contributed by atoms with Crippen molar-refractivity contribution in [2.75, 3.05) is 32.8 Å². The van der Waals surface area contributed by atoms with Gasteiger partial charge in [-0.2, -0.15) is 0 Å². The van der Waals surface area contributed by atoms with Crippen LogP contribution in [0, 0.1) is 5.92 Å². The lowest BCUT2D eigenvalue weighted by Gasteiger charge is -2.41. The summed E-state index contributed by atoms with van der Waals surface area (Å²) in [5, 5.41) is 10.5. The molecular formula is C14H28N4. The van der Waals surface area contributed by atoms with Gasteiger partial charge in [0.15, 0.2) is 0 Å². The molecule has 3 N–H and O–H groups in total. The van der Waals surface area contributed by atoms with E-state index in [1.165, 1.54) is 5.57 Å². The highest BCUT2D eigenvalue weighted by atomic mass is 15.3. The number of hydrogen-bond acceptors (Lipinski definition) is 4. The zero-order valence-corrected chi connectivity index (χ0v) is 12.2. The maximum atomic E-state index is 3.55. The Kier molecular flexibility index (Phi) is 4.43. The molecule has 104 valence electrons. The third kappa shape index (κ3) is 2.62. The maximum absolute atomic E-state index is 3.55. The smallest absolute Gasteiger partial charge is 0.0637 e. The lowest BCUT2D eigenvalue weighted by Crippen LogP contribution is -2.50. The fraction of sp³-hybridized carbons (Fsp3) is 0.857. The molecule has 1 unspecified atom stereocenters. The zero-order valence-electron chi connectivity index (χ0n) is 12.2. The summed E-state index contributed by atoms with van der Waals surface area (Å²) in [6.07, 6.45) is 2.73. The molecule has 2 saturated heterocycles. The van der Waals surface area contributed by atoms with Crippen LogP contribution in [0.5, 0.6) is 0 Å². The Morgan fingerprint density at radius 3 is 2.44 bits per heavy atom. The Morgan fingerprint density at radius 1 is 1.28 bits per heavy atom. The molecule has 2 aliphatic heterocycles. The fourth-order valence-electron chi connectivity index (χ4n) is 3.40. The minimum atomic E-state index is 0.129. The molecule has 0 aliphatic carbocycles. The average Bonchev–Trinajstić information content (AvgIpc) is 3.03. The van der Waals surface area contributed by atoms with Crippen molar-refractivity contribution in [2.45, 2.75) is 39.4 Å². The summed E-state index contributed by atoms with van der Waals surface area (Å²) in [5.74, 6) is 0.521. The molecule has 2 fully saturated rings. The van der Waals surface area contributed by atoms with Crippen LogP contribution in [-0.2, 0) is 0 Å². The topological polar surface area (TPSA) is 39.3 Å². The van der Waals surface area contributed by atoms with E-state index in [4.69, 9.17) is 0 Å². The van der Waals surface area contributed by atoms with Crippen LogP contribution in [0.1, 0.15) is 27.7 Å². The van der Waals surface area contributed by atoms with Gasteiger partial charge in [-0.3, -0.25) is 4.90 Å². The van der Waals surface area contributed by atoms with Gasteiger partial charge in [-0.25, -0.2) is 0 Å². The molecule has 1 atom stereocenters. The predicted molar refractivity (Wildman–Crippen MR) is 76.4 cm³/mol. The first-order chi connectivity index (χ1) is 8.57. The molecule has 4 heteroatoms. The molecule has 0 aromatic rings. The summed E-state index contributed by atoms with van der Waals surface area (Å²) in [4.78, 5) is 2.54. The molecule has 0 amide bonds. The molecule has 0 bridgehead atoms. The normalized spacial score (nSPS) is 25.9. The van der Waals surface area contributed by atoms with E-state index in [1.807, 2.05) is 0 Å². The predicted octanol–water partition coefficient (Wildman–Crippen LogP) is 0.729. The van der Waals surface area contributed by atoms with Crippen molar-refractivity contribution in [3.05, 3.63) is 11.6 Å². The Bertz CT molecular complexity index is 299. The van der Waals surface area contributed by atoms with Gasteiger partial charge in [0.25, 0.3) is 0 Å². The first-order valence-corrected chi connectivity index (χ1v) is 7.16. The maximum Gasteiger partial charge on any atom is 0.0637 e. The third-order valence-electron chi connectivity index (χ3n) is 4.51. The van der Waals surface area contributed by atoms with Gasteiger partial charge >= 0.3 is 0 Å². The van der Waals surface area contributed by atoms with E-state index >= 15 is 0 Å². The van der Waals surface area contributed by atoms with Crippen LogP contribution in [0.2, 0.25) is 0 Å². The van der Waals surface area contributed by atoms with E-state index in [2.05, 4.69) is 54.6 Å².